The van der Waals surface area contributed by atoms with Crippen molar-refractivity contribution in [3.05, 3.63) is 29.8 Å². The molecule has 2 amide bonds. The van der Waals surface area contributed by atoms with Crippen molar-refractivity contribution < 1.29 is 13.2 Å². The monoisotopic (exact) mass is 338 g/mol. The molecule has 5 nitrogen and oxygen atoms in total. The van der Waals surface area contributed by atoms with Crippen LogP contribution >= 0.6 is 0 Å². The van der Waals surface area contributed by atoms with E-state index in [0.29, 0.717) is 4.90 Å². The maximum atomic E-state index is 12.4. The van der Waals surface area contributed by atoms with E-state index in [1.165, 1.54) is 0 Å². The summed E-state index contributed by atoms with van der Waals surface area (Å²) in [7, 11) is -3.40. The number of carbonyl (C=O) groups is 1. The van der Waals surface area contributed by atoms with E-state index in [2.05, 4.69) is 5.32 Å². The summed E-state index contributed by atoms with van der Waals surface area (Å²) in [5.41, 5.74) is 1.02. The second-order valence-electron chi connectivity index (χ2n) is 6.48. The fourth-order valence-electron chi connectivity index (χ4n) is 2.91. The van der Waals surface area contributed by atoms with Crippen LogP contribution in [0.15, 0.2) is 29.2 Å². The number of hydrogen-bond donors (Lipinski definition) is 1. The first kappa shape index (κ1) is 17.8. The molecule has 1 fully saturated rings. The highest BCUT2D eigenvalue weighted by Crippen LogP contribution is 2.17. The lowest BCUT2D eigenvalue weighted by Crippen LogP contribution is -2.50. The Morgan fingerprint density at radius 3 is 2.57 bits per heavy atom. The molecule has 1 aromatic carbocycles. The topological polar surface area (TPSA) is 66.5 Å². The number of hydrogen-bond acceptors (Lipinski definition) is 3. The zero-order valence-corrected chi connectivity index (χ0v) is 14.9. The lowest BCUT2D eigenvalue weighted by Gasteiger charge is -2.34. The Balaban J connectivity index is 1.96. The summed E-state index contributed by atoms with van der Waals surface area (Å²) in [6, 6.07) is 6.42. The summed E-state index contributed by atoms with van der Waals surface area (Å²) < 4.78 is 24.8. The fourth-order valence-corrected chi connectivity index (χ4v) is 4.39. The number of urea groups is 1. The standard InChI is InChI=1S/C17H26N2O3S/c1-13-7-9-16(10-8-13)23(21,22)12-14(2)18-17(20)19-11-5-4-6-15(19)3/h7-10,14-15H,4-6,11-12H2,1-3H3,(H,18,20)/t14-,15-/m0/s1. The smallest absolute Gasteiger partial charge is 0.317 e. The average Bonchev–Trinajstić information content (AvgIpc) is 2.47. The van der Waals surface area contributed by atoms with Crippen LogP contribution in [0, 0.1) is 6.92 Å². The molecule has 2 atom stereocenters. The summed E-state index contributed by atoms with van der Waals surface area (Å²) in [5, 5.41) is 2.83. The second kappa shape index (κ2) is 7.34. The number of nitrogens with zero attached hydrogens (tertiary/aromatic N) is 1. The number of nitrogens with one attached hydrogen (secondary N) is 1. The highest BCUT2D eigenvalue weighted by Gasteiger charge is 2.26. The van der Waals surface area contributed by atoms with Crippen LogP contribution in [0.25, 0.3) is 0 Å². The van der Waals surface area contributed by atoms with Gasteiger partial charge in [0.05, 0.1) is 10.6 Å². The number of benzene rings is 1. The van der Waals surface area contributed by atoms with E-state index < -0.39 is 15.9 Å². The molecule has 0 bridgehead atoms. The summed E-state index contributed by atoms with van der Waals surface area (Å²) in [6.45, 7) is 6.42. The molecule has 0 radical (unpaired) electrons. The van der Waals surface area contributed by atoms with Crippen molar-refractivity contribution in [2.75, 3.05) is 12.3 Å². The van der Waals surface area contributed by atoms with E-state index in [0.717, 1.165) is 31.4 Å². The highest BCUT2D eigenvalue weighted by molar-refractivity contribution is 7.91. The van der Waals surface area contributed by atoms with E-state index in [1.807, 2.05) is 13.8 Å². The molecule has 1 N–H and O–H groups in total. The summed E-state index contributed by atoms with van der Waals surface area (Å²) in [5.74, 6) is -0.0932. The van der Waals surface area contributed by atoms with Gasteiger partial charge in [-0.2, -0.15) is 0 Å². The molecule has 128 valence electrons. The van der Waals surface area contributed by atoms with E-state index in [1.54, 1.807) is 36.1 Å². The first-order chi connectivity index (χ1) is 10.8. The van der Waals surface area contributed by atoms with Crippen LogP contribution in [0.1, 0.15) is 38.7 Å². The van der Waals surface area contributed by atoms with Crippen molar-refractivity contribution >= 4 is 15.9 Å². The minimum absolute atomic E-state index is 0.0932. The molecule has 1 aliphatic heterocycles. The molecule has 1 aromatic rings. The number of amides is 2. The van der Waals surface area contributed by atoms with E-state index >= 15 is 0 Å². The Bertz CT molecular complexity index is 640. The van der Waals surface area contributed by atoms with Crippen molar-refractivity contribution in [2.45, 2.75) is 57.0 Å². The van der Waals surface area contributed by atoms with Crippen LogP contribution in [-0.4, -0.2) is 43.7 Å². The molecule has 0 aromatic heterocycles. The third kappa shape index (κ3) is 4.70. The molecule has 1 aliphatic rings. The van der Waals surface area contributed by atoms with Crippen molar-refractivity contribution in [1.29, 1.82) is 0 Å². The van der Waals surface area contributed by atoms with Gasteiger partial charge in [-0.05, 0) is 52.2 Å². The number of likely N-dealkylation sites (tertiary alicyclic amines) is 1. The zero-order valence-electron chi connectivity index (χ0n) is 14.1. The number of sulfone groups is 1. The van der Waals surface area contributed by atoms with Gasteiger partial charge in [-0.15, -0.1) is 0 Å². The number of carbonyl (C=O) groups excluding carboxylic acids is 1. The lowest BCUT2D eigenvalue weighted by molar-refractivity contribution is 0.156. The Kier molecular flexibility index (Phi) is 5.68. The minimum atomic E-state index is -3.40. The number of piperidine rings is 1. The normalized spacial score (nSPS) is 20.1. The molecule has 6 heteroatoms. The van der Waals surface area contributed by atoms with E-state index in [4.69, 9.17) is 0 Å². The molecular weight excluding hydrogens is 312 g/mol. The Hall–Kier alpha value is -1.56. The van der Waals surface area contributed by atoms with Crippen molar-refractivity contribution in [2.24, 2.45) is 0 Å². The van der Waals surface area contributed by atoms with Crippen molar-refractivity contribution in [1.82, 2.24) is 10.2 Å². The van der Waals surface area contributed by atoms with Crippen LogP contribution in [-0.2, 0) is 9.84 Å². The second-order valence-corrected chi connectivity index (χ2v) is 8.52. The molecular formula is C17H26N2O3S. The third-order valence-corrected chi connectivity index (χ3v) is 6.21. The molecule has 0 unspecified atom stereocenters. The number of aryl methyl sites for hydroxylation is 1. The molecule has 0 spiro atoms. The summed E-state index contributed by atoms with van der Waals surface area (Å²) in [6.07, 6.45) is 3.15. The SMILES string of the molecule is Cc1ccc(S(=O)(=O)C[C@H](C)NC(=O)N2CCCC[C@@H]2C)cc1. The van der Waals surface area contributed by atoms with Gasteiger partial charge in [0.1, 0.15) is 0 Å². The van der Waals surface area contributed by atoms with Gasteiger partial charge >= 0.3 is 6.03 Å². The predicted molar refractivity (Wildman–Crippen MR) is 91.2 cm³/mol. The van der Waals surface area contributed by atoms with Crippen molar-refractivity contribution in [3.63, 3.8) is 0 Å². The van der Waals surface area contributed by atoms with Gasteiger partial charge in [-0.3, -0.25) is 0 Å². The van der Waals surface area contributed by atoms with Crippen LogP contribution in [0.2, 0.25) is 0 Å². The average molecular weight is 338 g/mol. The zero-order chi connectivity index (χ0) is 17.0. The van der Waals surface area contributed by atoms with Crippen LogP contribution in [0.5, 0.6) is 0 Å². The maximum absolute atomic E-state index is 12.4. The molecule has 1 saturated heterocycles. The Morgan fingerprint density at radius 2 is 1.96 bits per heavy atom. The van der Waals surface area contributed by atoms with Crippen LogP contribution in [0.4, 0.5) is 4.79 Å². The minimum Gasteiger partial charge on any atom is -0.334 e. The molecule has 1 heterocycles. The third-order valence-electron chi connectivity index (χ3n) is 4.28. The fraction of sp³-hybridized carbons (Fsp3) is 0.588. The highest BCUT2D eigenvalue weighted by atomic mass is 32.2. The number of rotatable bonds is 4. The molecule has 2 rings (SSSR count). The van der Waals surface area contributed by atoms with Gasteiger partial charge in [0, 0.05) is 18.6 Å². The lowest BCUT2D eigenvalue weighted by atomic mass is 10.0. The quantitative estimate of drug-likeness (QED) is 0.918. The van der Waals surface area contributed by atoms with Crippen LogP contribution < -0.4 is 5.32 Å². The van der Waals surface area contributed by atoms with Gasteiger partial charge < -0.3 is 10.2 Å². The maximum Gasteiger partial charge on any atom is 0.317 e. The van der Waals surface area contributed by atoms with Gasteiger partial charge in [-0.25, -0.2) is 13.2 Å². The molecule has 23 heavy (non-hydrogen) atoms. The predicted octanol–water partition coefficient (Wildman–Crippen LogP) is 2.74. The first-order valence-electron chi connectivity index (χ1n) is 8.16. The van der Waals surface area contributed by atoms with E-state index in [9.17, 15) is 13.2 Å². The van der Waals surface area contributed by atoms with Crippen molar-refractivity contribution in [3.8, 4) is 0 Å². The largest absolute Gasteiger partial charge is 0.334 e. The van der Waals surface area contributed by atoms with E-state index in [-0.39, 0.29) is 17.8 Å². The van der Waals surface area contributed by atoms with Crippen LogP contribution in [0.3, 0.4) is 0 Å². The van der Waals surface area contributed by atoms with Gasteiger partial charge in [0.15, 0.2) is 9.84 Å². The molecule has 0 aliphatic carbocycles. The van der Waals surface area contributed by atoms with Gasteiger partial charge in [0.25, 0.3) is 0 Å². The van der Waals surface area contributed by atoms with Gasteiger partial charge in [-0.1, -0.05) is 17.7 Å². The van der Waals surface area contributed by atoms with Gasteiger partial charge in [0.2, 0.25) is 0 Å². The molecule has 0 saturated carbocycles. The summed E-state index contributed by atoms with van der Waals surface area (Å²) >= 11 is 0. The Labute approximate surface area is 139 Å². The first-order valence-corrected chi connectivity index (χ1v) is 9.81. The summed E-state index contributed by atoms with van der Waals surface area (Å²) in [4.78, 5) is 14.4. The Morgan fingerprint density at radius 1 is 1.30 bits per heavy atom.